The molecule has 0 spiro atoms. The zero-order valence-corrected chi connectivity index (χ0v) is 7.40. The van der Waals surface area contributed by atoms with Gasteiger partial charge in [0.15, 0.2) is 6.34 Å². The van der Waals surface area contributed by atoms with Crippen molar-refractivity contribution in [2.24, 2.45) is 4.99 Å². The van der Waals surface area contributed by atoms with E-state index in [1.165, 1.54) is 6.34 Å². The molecule has 0 bridgehead atoms. The maximum atomic E-state index is 11.5. The van der Waals surface area contributed by atoms with E-state index in [-0.39, 0.29) is 5.06 Å². The number of hydroxylamine groups is 1. The smallest absolute Gasteiger partial charge is 0.194 e. The SMILES string of the molecule is [O-][NH+]1C=Nc2cccc3cccc1c23. The van der Waals surface area contributed by atoms with E-state index < -0.39 is 0 Å². The Balaban J connectivity index is 2.52. The Kier molecular flexibility index (Phi) is 1.45. The average Bonchev–Trinajstić information content (AvgIpc) is 2.24. The highest BCUT2D eigenvalue weighted by Crippen LogP contribution is 2.31. The van der Waals surface area contributed by atoms with Crippen molar-refractivity contribution < 1.29 is 5.06 Å². The third-order valence-electron chi connectivity index (χ3n) is 2.47. The largest absolute Gasteiger partial charge is 0.623 e. The molecule has 3 heteroatoms. The van der Waals surface area contributed by atoms with Crippen LogP contribution in [0, 0.1) is 5.21 Å². The summed E-state index contributed by atoms with van der Waals surface area (Å²) in [6.45, 7) is 0. The Bertz CT molecular complexity index is 529. The first-order chi connectivity index (χ1) is 6.86. The number of benzene rings is 2. The van der Waals surface area contributed by atoms with Gasteiger partial charge < -0.3 is 5.21 Å². The molecule has 1 aliphatic heterocycles. The standard InChI is InChI=1S/C11H8N2O/c14-13-7-12-9-5-1-3-8-4-2-6-10(13)11(8)9/h1-7,13H. The van der Waals surface area contributed by atoms with Crippen molar-refractivity contribution in [3.63, 3.8) is 0 Å². The summed E-state index contributed by atoms with van der Waals surface area (Å²) >= 11 is 0. The first-order valence-electron chi connectivity index (χ1n) is 4.46. The van der Waals surface area contributed by atoms with E-state index in [1.54, 1.807) is 0 Å². The minimum Gasteiger partial charge on any atom is -0.623 e. The van der Waals surface area contributed by atoms with Gasteiger partial charge in [-0.3, -0.25) is 5.06 Å². The summed E-state index contributed by atoms with van der Waals surface area (Å²) in [4.78, 5) is 4.12. The second-order valence-corrected chi connectivity index (χ2v) is 3.30. The average molecular weight is 184 g/mol. The van der Waals surface area contributed by atoms with E-state index in [0.29, 0.717) is 0 Å². The number of rotatable bonds is 0. The Hall–Kier alpha value is -1.71. The van der Waals surface area contributed by atoms with Crippen molar-refractivity contribution in [1.82, 2.24) is 0 Å². The molecule has 3 rings (SSSR count). The van der Waals surface area contributed by atoms with Crippen LogP contribution in [0.3, 0.4) is 0 Å². The van der Waals surface area contributed by atoms with Gasteiger partial charge in [-0.1, -0.05) is 24.3 Å². The summed E-state index contributed by atoms with van der Waals surface area (Å²) in [6.07, 6.45) is 1.39. The number of aliphatic imine (C=N–C) groups is 1. The molecule has 14 heavy (non-hydrogen) atoms. The highest BCUT2D eigenvalue weighted by Gasteiger charge is 2.14. The molecule has 0 saturated heterocycles. The molecule has 68 valence electrons. The Labute approximate surface area is 80.9 Å². The summed E-state index contributed by atoms with van der Waals surface area (Å²) in [5.74, 6) is 0. The molecular formula is C11H8N2O. The van der Waals surface area contributed by atoms with E-state index in [9.17, 15) is 5.21 Å². The lowest BCUT2D eigenvalue weighted by Gasteiger charge is -2.21. The van der Waals surface area contributed by atoms with Gasteiger partial charge in [-0.2, -0.15) is 0 Å². The molecule has 1 atom stereocenters. The molecule has 2 aromatic rings. The zero-order valence-electron chi connectivity index (χ0n) is 7.40. The van der Waals surface area contributed by atoms with Crippen LogP contribution in [-0.2, 0) is 0 Å². The van der Waals surface area contributed by atoms with Crippen LogP contribution in [0.15, 0.2) is 41.4 Å². The minimum absolute atomic E-state index is 0.00528. The summed E-state index contributed by atoms with van der Waals surface area (Å²) in [5, 5.41) is 13.6. The summed E-state index contributed by atoms with van der Waals surface area (Å²) in [5.41, 5.74) is 1.64. The Morgan fingerprint density at radius 2 is 1.86 bits per heavy atom. The van der Waals surface area contributed by atoms with Gasteiger partial charge >= 0.3 is 0 Å². The molecular weight excluding hydrogens is 176 g/mol. The molecule has 1 heterocycles. The van der Waals surface area contributed by atoms with Crippen molar-refractivity contribution in [2.75, 3.05) is 0 Å². The maximum absolute atomic E-state index is 11.5. The van der Waals surface area contributed by atoms with Crippen molar-refractivity contribution >= 4 is 28.5 Å². The van der Waals surface area contributed by atoms with Crippen LogP contribution in [0.5, 0.6) is 0 Å². The van der Waals surface area contributed by atoms with E-state index in [1.807, 2.05) is 36.4 Å². The predicted octanol–water partition coefficient (Wildman–Crippen LogP) is 1.53. The Morgan fingerprint density at radius 3 is 2.71 bits per heavy atom. The van der Waals surface area contributed by atoms with Gasteiger partial charge in [0, 0.05) is 6.07 Å². The first kappa shape index (κ1) is 7.67. The number of nitrogens with one attached hydrogen (secondary N) is 1. The Morgan fingerprint density at radius 1 is 1.07 bits per heavy atom. The molecule has 0 aromatic heterocycles. The van der Waals surface area contributed by atoms with Gasteiger partial charge in [-0.05, 0) is 11.5 Å². The molecule has 0 fully saturated rings. The monoisotopic (exact) mass is 184 g/mol. The number of hydrogen-bond acceptors (Lipinski definition) is 2. The fraction of sp³-hybridized carbons (Fsp3) is 0. The third kappa shape index (κ3) is 0.907. The van der Waals surface area contributed by atoms with Crippen LogP contribution < -0.4 is 5.06 Å². The van der Waals surface area contributed by atoms with Crippen molar-refractivity contribution in [2.45, 2.75) is 0 Å². The number of nitrogens with zero attached hydrogens (tertiary/aromatic N) is 1. The summed E-state index contributed by atoms with van der Waals surface area (Å²) in [6, 6.07) is 11.6. The van der Waals surface area contributed by atoms with Crippen LogP contribution in [0.2, 0.25) is 0 Å². The molecule has 0 aliphatic carbocycles. The second-order valence-electron chi connectivity index (χ2n) is 3.30. The zero-order chi connectivity index (χ0) is 9.54. The lowest BCUT2D eigenvalue weighted by Crippen LogP contribution is -3.01. The van der Waals surface area contributed by atoms with E-state index in [4.69, 9.17) is 0 Å². The third-order valence-corrected chi connectivity index (χ3v) is 2.47. The van der Waals surface area contributed by atoms with E-state index in [2.05, 4.69) is 4.99 Å². The van der Waals surface area contributed by atoms with Gasteiger partial charge in [0.05, 0.1) is 11.1 Å². The first-order valence-corrected chi connectivity index (χ1v) is 4.46. The predicted molar refractivity (Wildman–Crippen MR) is 56.1 cm³/mol. The fourth-order valence-electron chi connectivity index (χ4n) is 1.83. The molecule has 1 unspecified atom stereocenters. The molecule has 1 N–H and O–H groups in total. The van der Waals surface area contributed by atoms with Gasteiger partial charge in [0.1, 0.15) is 5.69 Å². The van der Waals surface area contributed by atoms with Crippen LogP contribution in [-0.4, -0.2) is 6.34 Å². The summed E-state index contributed by atoms with van der Waals surface area (Å²) < 4.78 is 0. The van der Waals surface area contributed by atoms with Crippen LogP contribution in [0.1, 0.15) is 0 Å². The van der Waals surface area contributed by atoms with Gasteiger partial charge in [-0.15, -0.1) is 0 Å². The molecule has 0 saturated carbocycles. The van der Waals surface area contributed by atoms with Gasteiger partial charge in [0.2, 0.25) is 0 Å². The summed E-state index contributed by atoms with van der Waals surface area (Å²) in [7, 11) is 0. The van der Waals surface area contributed by atoms with Crippen molar-refractivity contribution in [3.05, 3.63) is 41.6 Å². The molecule has 3 nitrogen and oxygen atoms in total. The highest BCUT2D eigenvalue weighted by molar-refractivity contribution is 6.01. The van der Waals surface area contributed by atoms with Crippen molar-refractivity contribution in [1.29, 1.82) is 0 Å². The lowest BCUT2D eigenvalue weighted by molar-refractivity contribution is -0.658. The van der Waals surface area contributed by atoms with Crippen LogP contribution in [0.4, 0.5) is 11.4 Å². The van der Waals surface area contributed by atoms with Crippen molar-refractivity contribution in [3.8, 4) is 0 Å². The molecule has 1 aliphatic rings. The minimum atomic E-state index is -0.00528. The fourth-order valence-corrected chi connectivity index (χ4v) is 1.83. The second kappa shape index (κ2) is 2.64. The van der Waals surface area contributed by atoms with Crippen LogP contribution in [0.25, 0.3) is 10.8 Å². The van der Waals surface area contributed by atoms with Gasteiger partial charge in [-0.25, -0.2) is 4.99 Å². The number of hydrogen-bond donors (Lipinski definition) is 1. The van der Waals surface area contributed by atoms with E-state index >= 15 is 0 Å². The van der Waals surface area contributed by atoms with E-state index in [0.717, 1.165) is 22.1 Å². The molecule has 2 aromatic carbocycles. The normalized spacial score (nSPS) is 18.8. The quantitative estimate of drug-likeness (QED) is 0.619. The topological polar surface area (TPSA) is 39.9 Å². The maximum Gasteiger partial charge on any atom is 0.194 e. The number of quaternary nitrogens is 1. The highest BCUT2D eigenvalue weighted by atomic mass is 16.5. The lowest BCUT2D eigenvalue weighted by atomic mass is 10.1. The molecule has 0 amide bonds. The van der Waals surface area contributed by atoms with Crippen LogP contribution >= 0.6 is 0 Å². The van der Waals surface area contributed by atoms with Gasteiger partial charge in [0.25, 0.3) is 0 Å². The molecule has 0 radical (unpaired) electrons.